The molecule has 5 heteroatoms. The van der Waals surface area contributed by atoms with Gasteiger partial charge in [0.15, 0.2) is 6.61 Å². The van der Waals surface area contributed by atoms with Crippen molar-refractivity contribution in [1.29, 1.82) is 0 Å². The third kappa shape index (κ3) is 4.01. The number of nitrogens with two attached hydrogens (primary N) is 1. The number of halogens is 1. The van der Waals surface area contributed by atoms with E-state index >= 15 is 0 Å². The molecule has 0 heterocycles. The first kappa shape index (κ1) is 11.6. The molecule has 0 radical (unpaired) electrons. The van der Waals surface area contributed by atoms with Gasteiger partial charge in [0, 0.05) is 5.02 Å². The summed E-state index contributed by atoms with van der Waals surface area (Å²) in [6.07, 6.45) is 0. The van der Waals surface area contributed by atoms with Crippen LogP contribution in [0.25, 0.3) is 5.70 Å². The molecule has 1 amide bonds. The Morgan fingerprint density at radius 3 is 2.60 bits per heavy atom. The molecule has 0 aliphatic heterocycles. The van der Waals surface area contributed by atoms with Crippen molar-refractivity contribution < 1.29 is 9.63 Å². The molecule has 0 saturated heterocycles. The number of amides is 1. The van der Waals surface area contributed by atoms with Crippen LogP contribution < -0.4 is 11.2 Å². The monoisotopic (exact) mass is 226 g/mol. The Morgan fingerprint density at radius 1 is 1.47 bits per heavy atom. The SMILES string of the molecule is C=C(NOCC(N)=O)c1ccc(Cl)cc1. The van der Waals surface area contributed by atoms with Crippen molar-refractivity contribution in [1.82, 2.24) is 5.48 Å². The zero-order chi connectivity index (χ0) is 11.3. The number of rotatable bonds is 5. The molecular formula is C10H11ClN2O2. The van der Waals surface area contributed by atoms with Crippen LogP contribution >= 0.6 is 11.6 Å². The van der Waals surface area contributed by atoms with Gasteiger partial charge in [0.1, 0.15) is 0 Å². The van der Waals surface area contributed by atoms with E-state index in [0.29, 0.717) is 10.7 Å². The highest BCUT2D eigenvalue weighted by Crippen LogP contribution is 2.13. The Bertz CT molecular complexity index is 362. The standard InChI is InChI=1S/C10H11ClN2O2/c1-7(13-15-6-10(12)14)8-2-4-9(11)5-3-8/h2-5,13H,1,6H2,(H2,12,14). The van der Waals surface area contributed by atoms with Gasteiger partial charge in [-0.1, -0.05) is 30.3 Å². The van der Waals surface area contributed by atoms with E-state index in [4.69, 9.17) is 22.2 Å². The molecule has 0 fully saturated rings. The van der Waals surface area contributed by atoms with Crippen molar-refractivity contribution in [3.05, 3.63) is 41.4 Å². The number of hydrogen-bond donors (Lipinski definition) is 2. The van der Waals surface area contributed by atoms with E-state index in [-0.39, 0.29) is 6.61 Å². The lowest BCUT2D eigenvalue weighted by molar-refractivity contribution is -0.124. The van der Waals surface area contributed by atoms with E-state index in [1.54, 1.807) is 24.3 Å². The molecule has 80 valence electrons. The van der Waals surface area contributed by atoms with Crippen LogP contribution in [0.3, 0.4) is 0 Å². The van der Waals surface area contributed by atoms with Crippen LogP contribution in [0.1, 0.15) is 5.56 Å². The lowest BCUT2D eigenvalue weighted by Gasteiger charge is -2.08. The van der Waals surface area contributed by atoms with Gasteiger partial charge in [0.05, 0.1) is 5.70 Å². The minimum Gasteiger partial charge on any atom is -0.368 e. The fourth-order valence-corrected chi connectivity index (χ4v) is 1.03. The van der Waals surface area contributed by atoms with Crippen LogP contribution in [0, 0.1) is 0 Å². The molecule has 3 N–H and O–H groups in total. The molecule has 1 aromatic carbocycles. The molecule has 0 aromatic heterocycles. The van der Waals surface area contributed by atoms with Crippen LogP contribution in [-0.4, -0.2) is 12.5 Å². The van der Waals surface area contributed by atoms with Gasteiger partial charge in [-0.3, -0.25) is 15.1 Å². The summed E-state index contributed by atoms with van der Waals surface area (Å²) in [6.45, 7) is 3.52. The first-order valence-corrected chi connectivity index (χ1v) is 4.58. The van der Waals surface area contributed by atoms with E-state index in [1.807, 2.05) is 0 Å². The molecule has 0 unspecified atom stereocenters. The number of hydroxylamine groups is 1. The van der Waals surface area contributed by atoms with E-state index < -0.39 is 5.91 Å². The normalized spacial score (nSPS) is 9.67. The molecule has 0 saturated carbocycles. The van der Waals surface area contributed by atoms with Gasteiger partial charge in [0.25, 0.3) is 0 Å². The van der Waals surface area contributed by atoms with E-state index in [9.17, 15) is 4.79 Å². The molecule has 0 aliphatic carbocycles. The highest BCUT2D eigenvalue weighted by molar-refractivity contribution is 6.30. The quantitative estimate of drug-likeness (QED) is 0.745. The Kier molecular flexibility index (Phi) is 4.15. The number of benzene rings is 1. The van der Waals surface area contributed by atoms with Crippen LogP contribution in [0.15, 0.2) is 30.8 Å². The van der Waals surface area contributed by atoms with Crippen LogP contribution in [0.2, 0.25) is 5.02 Å². The molecule has 1 rings (SSSR count). The van der Waals surface area contributed by atoms with Gasteiger partial charge in [-0.2, -0.15) is 0 Å². The molecule has 0 bridgehead atoms. The van der Waals surface area contributed by atoms with Crippen molar-refractivity contribution >= 4 is 23.2 Å². The second kappa shape index (κ2) is 5.38. The first-order chi connectivity index (χ1) is 7.09. The maximum atomic E-state index is 10.4. The number of hydrogen-bond acceptors (Lipinski definition) is 3. The van der Waals surface area contributed by atoms with E-state index in [2.05, 4.69) is 12.1 Å². The van der Waals surface area contributed by atoms with Gasteiger partial charge in [-0.05, 0) is 17.7 Å². The third-order valence-corrected chi connectivity index (χ3v) is 1.85. The first-order valence-electron chi connectivity index (χ1n) is 4.20. The zero-order valence-electron chi connectivity index (χ0n) is 8.00. The van der Waals surface area contributed by atoms with Crippen molar-refractivity contribution in [2.45, 2.75) is 0 Å². The molecule has 1 aromatic rings. The topological polar surface area (TPSA) is 64.3 Å². The summed E-state index contributed by atoms with van der Waals surface area (Å²) in [7, 11) is 0. The summed E-state index contributed by atoms with van der Waals surface area (Å²) in [5.41, 5.74) is 8.76. The van der Waals surface area contributed by atoms with Gasteiger partial charge in [0.2, 0.25) is 5.91 Å². The van der Waals surface area contributed by atoms with Crippen LogP contribution in [0.4, 0.5) is 0 Å². The summed E-state index contributed by atoms with van der Waals surface area (Å²) in [4.78, 5) is 15.2. The maximum absolute atomic E-state index is 10.4. The largest absolute Gasteiger partial charge is 0.368 e. The summed E-state index contributed by atoms with van der Waals surface area (Å²) in [5, 5.41) is 0.643. The number of carbonyl (C=O) groups is 1. The molecule has 15 heavy (non-hydrogen) atoms. The highest BCUT2D eigenvalue weighted by Gasteiger charge is 1.99. The van der Waals surface area contributed by atoms with E-state index in [1.165, 1.54) is 0 Å². The van der Waals surface area contributed by atoms with Crippen molar-refractivity contribution in [3.63, 3.8) is 0 Å². The van der Waals surface area contributed by atoms with E-state index in [0.717, 1.165) is 5.56 Å². The number of nitrogens with one attached hydrogen (secondary N) is 1. The molecular weight excluding hydrogens is 216 g/mol. The maximum Gasteiger partial charge on any atom is 0.246 e. The Balaban J connectivity index is 2.47. The van der Waals surface area contributed by atoms with Gasteiger partial charge >= 0.3 is 0 Å². The predicted octanol–water partition coefficient (Wildman–Crippen LogP) is 1.32. The van der Waals surface area contributed by atoms with Gasteiger partial charge in [-0.15, -0.1) is 0 Å². The lowest BCUT2D eigenvalue weighted by atomic mass is 10.2. The second-order valence-electron chi connectivity index (χ2n) is 2.84. The third-order valence-electron chi connectivity index (χ3n) is 1.60. The summed E-state index contributed by atoms with van der Waals surface area (Å²) in [5.74, 6) is -0.550. The summed E-state index contributed by atoms with van der Waals surface area (Å²) >= 11 is 5.72. The lowest BCUT2D eigenvalue weighted by Crippen LogP contribution is -2.23. The fourth-order valence-electron chi connectivity index (χ4n) is 0.904. The number of carbonyl (C=O) groups excluding carboxylic acids is 1. The minimum absolute atomic E-state index is 0.202. The number of primary amides is 1. The Hall–Kier alpha value is -1.52. The minimum atomic E-state index is -0.550. The van der Waals surface area contributed by atoms with Crippen LogP contribution in [0.5, 0.6) is 0 Å². The fraction of sp³-hybridized carbons (Fsp3) is 0.100. The van der Waals surface area contributed by atoms with Crippen LogP contribution in [-0.2, 0) is 9.63 Å². The highest BCUT2D eigenvalue weighted by atomic mass is 35.5. The smallest absolute Gasteiger partial charge is 0.246 e. The second-order valence-corrected chi connectivity index (χ2v) is 3.28. The van der Waals surface area contributed by atoms with Crippen molar-refractivity contribution in [2.75, 3.05) is 6.61 Å². The Morgan fingerprint density at radius 2 is 2.07 bits per heavy atom. The Labute approximate surface area is 92.6 Å². The average Bonchev–Trinajstić information content (AvgIpc) is 2.18. The summed E-state index contributed by atoms with van der Waals surface area (Å²) in [6, 6.07) is 7.03. The van der Waals surface area contributed by atoms with Crippen molar-refractivity contribution in [3.8, 4) is 0 Å². The summed E-state index contributed by atoms with van der Waals surface area (Å²) < 4.78 is 0. The van der Waals surface area contributed by atoms with Gasteiger partial charge in [-0.25, -0.2) is 0 Å². The molecule has 0 aliphatic rings. The van der Waals surface area contributed by atoms with Gasteiger partial charge < -0.3 is 5.73 Å². The zero-order valence-corrected chi connectivity index (χ0v) is 8.75. The molecule has 0 spiro atoms. The van der Waals surface area contributed by atoms with Crippen molar-refractivity contribution in [2.24, 2.45) is 5.73 Å². The molecule has 0 atom stereocenters. The molecule has 4 nitrogen and oxygen atoms in total. The predicted molar refractivity (Wildman–Crippen MR) is 58.8 cm³/mol. The average molecular weight is 227 g/mol.